The Hall–Kier alpha value is -2.17. The molecule has 0 aliphatic carbocycles. The van der Waals surface area contributed by atoms with Gasteiger partial charge in [-0.25, -0.2) is 9.97 Å². The molecule has 0 unspecified atom stereocenters. The van der Waals surface area contributed by atoms with Gasteiger partial charge in [-0.2, -0.15) is 5.26 Å². The SMILES string of the molecule is N#C/C(=C\c1ccc(Cl)cc1)c1nc(CSc2nc3ccccc3s2)cs1. The normalized spacial score (nSPS) is 11.6. The van der Waals surface area contributed by atoms with Crippen molar-refractivity contribution >= 4 is 67.9 Å². The molecule has 132 valence electrons. The molecule has 0 saturated heterocycles. The second-order valence-corrected chi connectivity index (χ2v) is 9.15. The lowest BCUT2D eigenvalue weighted by molar-refractivity contribution is 1.21. The van der Waals surface area contributed by atoms with Gasteiger partial charge in [-0.15, -0.1) is 22.7 Å². The van der Waals surface area contributed by atoms with Gasteiger partial charge < -0.3 is 0 Å². The van der Waals surface area contributed by atoms with Crippen molar-refractivity contribution in [2.45, 2.75) is 10.1 Å². The van der Waals surface area contributed by atoms with E-state index in [-0.39, 0.29) is 0 Å². The summed E-state index contributed by atoms with van der Waals surface area (Å²) < 4.78 is 2.22. The first-order valence-electron chi connectivity index (χ1n) is 8.02. The predicted molar refractivity (Wildman–Crippen MR) is 116 cm³/mol. The number of aromatic nitrogens is 2. The molecule has 2 aromatic heterocycles. The molecule has 2 heterocycles. The van der Waals surface area contributed by atoms with E-state index in [0.717, 1.165) is 31.9 Å². The molecule has 4 aromatic rings. The van der Waals surface area contributed by atoms with Crippen LogP contribution in [0.2, 0.25) is 5.02 Å². The zero-order valence-corrected chi connectivity index (χ0v) is 17.1. The summed E-state index contributed by atoms with van der Waals surface area (Å²) in [7, 11) is 0. The van der Waals surface area contributed by atoms with Crippen LogP contribution >= 0.6 is 46.0 Å². The highest BCUT2D eigenvalue weighted by Crippen LogP contribution is 2.32. The average molecular weight is 426 g/mol. The van der Waals surface area contributed by atoms with Gasteiger partial charge in [0.1, 0.15) is 11.1 Å². The molecule has 0 aliphatic heterocycles. The lowest BCUT2D eigenvalue weighted by Crippen LogP contribution is -1.84. The number of allylic oxidation sites excluding steroid dienone is 1. The minimum absolute atomic E-state index is 0.554. The Labute approximate surface area is 174 Å². The van der Waals surface area contributed by atoms with E-state index in [1.165, 1.54) is 16.0 Å². The van der Waals surface area contributed by atoms with Gasteiger partial charge in [-0.1, -0.05) is 47.6 Å². The average Bonchev–Trinajstić information content (AvgIpc) is 3.32. The van der Waals surface area contributed by atoms with Crippen LogP contribution in [-0.2, 0) is 5.75 Å². The molecule has 7 heteroatoms. The van der Waals surface area contributed by atoms with Crippen molar-refractivity contribution in [2.24, 2.45) is 0 Å². The van der Waals surface area contributed by atoms with E-state index in [0.29, 0.717) is 10.6 Å². The summed E-state index contributed by atoms with van der Waals surface area (Å²) in [6.45, 7) is 0. The molecule has 0 aliphatic rings. The van der Waals surface area contributed by atoms with Gasteiger partial charge in [0.15, 0.2) is 4.34 Å². The maximum absolute atomic E-state index is 9.50. The maximum Gasteiger partial charge on any atom is 0.151 e. The Bertz CT molecular complexity index is 1120. The van der Waals surface area contributed by atoms with Crippen LogP contribution in [0.1, 0.15) is 16.3 Å². The molecule has 3 nitrogen and oxygen atoms in total. The molecule has 2 aromatic carbocycles. The summed E-state index contributed by atoms with van der Waals surface area (Å²) in [6.07, 6.45) is 1.83. The summed E-state index contributed by atoms with van der Waals surface area (Å²) in [5.74, 6) is 0.732. The van der Waals surface area contributed by atoms with E-state index in [4.69, 9.17) is 11.6 Å². The fraction of sp³-hybridized carbons (Fsp3) is 0.0500. The molecule has 0 atom stereocenters. The number of benzene rings is 2. The van der Waals surface area contributed by atoms with Crippen molar-refractivity contribution in [3.8, 4) is 6.07 Å². The second kappa shape index (κ2) is 8.24. The smallest absolute Gasteiger partial charge is 0.151 e. The first-order valence-corrected chi connectivity index (χ1v) is 11.1. The lowest BCUT2D eigenvalue weighted by atomic mass is 10.1. The molecular weight excluding hydrogens is 414 g/mol. The van der Waals surface area contributed by atoms with Crippen molar-refractivity contribution in [3.63, 3.8) is 0 Å². The number of para-hydroxylation sites is 1. The monoisotopic (exact) mass is 425 g/mol. The summed E-state index contributed by atoms with van der Waals surface area (Å²) in [5, 5.41) is 12.9. The lowest BCUT2D eigenvalue weighted by Gasteiger charge is -1.96. The maximum atomic E-state index is 9.50. The standard InChI is InChI=1S/C20H12ClN3S3/c21-15-7-5-13(6-8-15)9-14(10-22)19-23-16(11-25-19)12-26-20-24-17-3-1-2-4-18(17)27-20/h1-9,11H,12H2/b14-9+. The molecule has 4 rings (SSSR count). The third-order valence-electron chi connectivity index (χ3n) is 3.70. The van der Waals surface area contributed by atoms with E-state index >= 15 is 0 Å². The molecule has 0 N–H and O–H groups in total. The fourth-order valence-electron chi connectivity index (χ4n) is 2.41. The van der Waals surface area contributed by atoms with Crippen LogP contribution in [0.25, 0.3) is 21.9 Å². The van der Waals surface area contributed by atoms with Crippen LogP contribution in [0.5, 0.6) is 0 Å². The Morgan fingerprint density at radius 1 is 1.15 bits per heavy atom. The van der Waals surface area contributed by atoms with E-state index in [9.17, 15) is 5.26 Å². The van der Waals surface area contributed by atoms with Gasteiger partial charge in [-0.05, 0) is 35.9 Å². The van der Waals surface area contributed by atoms with E-state index in [1.54, 1.807) is 23.1 Å². The number of nitrogens with zero attached hydrogens (tertiary/aromatic N) is 3. The molecule has 0 spiro atoms. The minimum atomic E-state index is 0.554. The first kappa shape index (κ1) is 18.2. The van der Waals surface area contributed by atoms with Gasteiger partial charge in [0.2, 0.25) is 0 Å². The molecule has 0 bridgehead atoms. The van der Waals surface area contributed by atoms with Crippen molar-refractivity contribution in [1.82, 2.24) is 9.97 Å². The summed E-state index contributed by atoms with van der Waals surface area (Å²) >= 11 is 10.8. The van der Waals surface area contributed by atoms with Crippen LogP contribution in [0.4, 0.5) is 0 Å². The number of halogens is 1. The molecule has 27 heavy (non-hydrogen) atoms. The zero-order chi connectivity index (χ0) is 18.6. The van der Waals surface area contributed by atoms with Crippen LogP contribution in [0.3, 0.4) is 0 Å². The van der Waals surface area contributed by atoms with Crippen LogP contribution < -0.4 is 0 Å². The Kier molecular flexibility index (Phi) is 5.55. The summed E-state index contributed by atoms with van der Waals surface area (Å²) in [6, 6.07) is 17.8. The topological polar surface area (TPSA) is 49.6 Å². The third-order valence-corrected chi connectivity index (χ3v) is 7.09. The highest BCUT2D eigenvalue weighted by Gasteiger charge is 2.10. The molecule has 0 fully saturated rings. The van der Waals surface area contributed by atoms with Gasteiger partial charge in [-0.3, -0.25) is 0 Å². The fourth-order valence-corrected chi connectivity index (χ4v) is 5.39. The largest absolute Gasteiger partial charge is 0.239 e. The first-order chi connectivity index (χ1) is 13.2. The second-order valence-electron chi connectivity index (χ2n) is 5.60. The number of fused-ring (bicyclic) bond motifs is 1. The Balaban J connectivity index is 1.48. The zero-order valence-electron chi connectivity index (χ0n) is 13.9. The molecule has 0 saturated carbocycles. The number of hydrogen-bond acceptors (Lipinski definition) is 6. The van der Waals surface area contributed by atoms with E-state index in [2.05, 4.69) is 22.1 Å². The van der Waals surface area contributed by atoms with Crippen LogP contribution in [0.15, 0.2) is 58.3 Å². The van der Waals surface area contributed by atoms with Crippen molar-refractivity contribution in [2.75, 3.05) is 0 Å². The quantitative estimate of drug-likeness (QED) is 0.261. The van der Waals surface area contributed by atoms with Gasteiger partial charge in [0, 0.05) is 16.2 Å². The minimum Gasteiger partial charge on any atom is -0.239 e. The van der Waals surface area contributed by atoms with Crippen molar-refractivity contribution in [1.29, 1.82) is 5.26 Å². The molecule has 0 radical (unpaired) electrons. The number of hydrogen-bond donors (Lipinski definition) is 0. The Morgan fingerprint density at radius 3 is 2.74 bits per heavy atom. The third kappa shape index (κ3) is 4.40. The predicted octanol–water partition coefficient (Wildman–Crippen LogP) is 6.76. The summed E-state index contributed by atoms with van der Waals surface area (Å²) in [4.78, 5) is 9.25. The number of nitriles is 1. The molecular formula is C20H12ClN3S3. The number of thioether (sulfide) groups is 1. The van der Waals surface area contributed by atoms with Crippen molar-refractivity contribution < 1.29 is 0 Å². The number of rotatable bonds is 5. The van der Waals surface area contributed by atoms with E-state index < -0.39 is 0 Å². The highest BCUT2D eigenvalue weighted by atomic mass is 35.5. The molecule has 0 amide bonds. The highest BCUT2D eigenvalue weighted by molar-refractivity contribution is 8.00. The van der Waals surface area contributed by atoms with Crippen LogP contribution in [-0.4, -0.2) is 9.97 Å². The Morgan fingerprint density at radius 2 is 1.96 bits per heavy atom. The summed E-state index contributed by atoms with van der Waals surface area (Å²) in [5.41, 5.74) is 3.47. The van der Waals surface area contributed by atoms with Crippen LogP contribution in [0, 0.1) is 11.3 Å². The van der Waals surface area contributed by atoms with E-state index in [1.807, 2.05) is 53.9 Å². The van der Waals surface area contributed by atoms with Gasteiger partial charge in [0.25, 0.3) is 0 Å². The van der Waals surface area contributed by atoms with Crippen molar-refractivity contribution in [3.05, 3.63) is 75.2 Å². The van der Waals surface area contributed by atoms with Gasteiger partial charge in [0.05, 0.1) is 21.5 Å². The number of thiazole rings is 2. The van der Waals surface area contributed by atoms with Gasteiger partial charge >= 0.3 is 0 Å².